The van der Waals surface area contributed by atoms with E-state index >= 15 is 0 Å². The van der Waals surface area contributed by atoms with Gasteiger partial charge in [-0.15, -0.1) is 0 Å². The number of ether oxygens (including phenoxy) is 2. The van der Waals surface area contributed by atoms with E-state index in [1.165, 1.54) is 19.6 Å². The van der Waals surface area contributed by atoms with Crippen molar-refractivity contribution in [2.24, 2.45) is 5.73 Å². The number of para-hydroxylation sites is 1. The number of nitrogens with zero attached hydrogens (tertiary/aromatic N) is 4. The van der Waals surface area contributed by atoms with Crippen LogP contribution in [0, 0.1) is 0 Å². The normalized spacial score (nSPS) is 25.8. The van der Waals surface area contributed by atoms with E-state index in [-0.39, 0.29) is 17.7 Å². The summed E-state index contributed by atoms with van der Waals surface area (Å²) in [6.45, 7) is 6.08. The Bertz CT molecular complexity index is 1320. The fourth-order valence-electron chi connectivity index (χ4n) is 3.98. The van der Waals surface area contributed by atoms with E-state index < -0.39 is 50.3 Å². The maximum absolute atomic E-state index is 13.8. The summed E-state index contributed by atoms with van der Waals surface area (Å²) in [5.74, 6) is -0.217. The van der Waals surface area contributed by atoms with Gasteiger partial charge in [-0.3, -0.25) is 13.9 Å². The first-order valence-electron chi connectivity index (χ1n) is 11.9. The highest BCUT2D eigenvalue weighted by Gasteiger charge is 2.53. The number of nitrogens with one attached hydrogen (secondary N) is 1. The number of imidazole rings is 1. The van der Waals surface area contributed by atoms with E-state index in [4.69, 9.17) is 30.0 Å². The Morgan fingerprint density at radius 1 is 1.26 bits per heavy atom. The quantitative estimate of drug-likeness (QED) is 0.210. The minimum Gasteiger partial charge on any atom is -0.462 e. The zero-order valence-electron chi connectivity index (χ0n) is 21.4. The lowest BCUT2D eigenvalue weighted by atomic mass is 9.93. The number of benzene rings is 1. The van der Waals surface area contributed by atoms with Gasteiger partial charge in [-0.1, -0.05) is 18.2 Å². The number of anilines is 1. The molecule has 2 aromatic heterocycles. The molecule has 6 N–H and O–H groups in total. The average molecular weight is 550 g/mol. The largest absolute Gasteiger partial charge is 0.462 e. The molecule has 0 radical (unpaired) electrons. The van der Waals surface area contributed by atoms with Crippen LogP contribution in [0.5, 0.6) is 5.75 Å². The molecule has 1 aliphatic heterocycles. The summed E-state index contributed by atoms with van der Waals surface area (Å²) in [5, 5.41) is 13.6. The fourth-order valence-corrected chi connectivity index (χ4v) is 5.48. The average Bonchev–Trinajstić information content (AvgIpc) is 3.37. The van der Waals surface area contributed by atoms with Gasteiger partial charge in [0, 0.05) is 0 Å². The van der Waals surface area contributed by atoms with Crippen molar-refractivity contribution in [1.82, 2.24) is 24.6 Å². The molecule has 1 fully saturated rings. The van der Waals surface area contributed by atoms with Crippen molar-refractivity contribution in [3.8, 4) is 5.75 Å². The predicted octanol–water partition coefficient (Wildman–Crippen LogP) is 1.52. The monoisotopic (exact) mass is 549 g/mol. The second-order valence-corrected chi connectivity index (χ2v) is 11.1. The number of rotatable bonds is 10. The van der Waals surface area contributed by atoms with Crippen molar-refractivity contribution < 1.29 is 33.0 Å². The van der Waals surface area contributed by atoms with Gasteiger partial charge >= 0.3 is 13.7 Å². The van der Waals surface area contributed by atoms with Crippen molar-refractivity contribution in [1.29, 1.82) is 0 Å². The molecule has 0 bridgehead atoms. The van der Waals surface area contributed by atoms with Gasteiger partial charge in [-0.25, -0.2) is 19.5 Å². The first-order chi connectivity index (χ1) is 17.9. The Morgan fingerprint density at radius 3 is 2.66 bits per heavy atom. The Hall–Kier alpha value is -3.13. The molecular weight excluding hydrogens is 517 g/mol. The number of nitrogens with two attached hydrogens (primary N) is 2. The highest BCUT2D eigenvalue weighted by molar-refractivity contribution is 7.52. The molecule has 0 spiro atoms. The second kappa shape index (κ2) is 10.9. The van der Waals surface area contributed by atoms with Crippen molar-refractivity contribution in [3.63, 3.8) is 0 Å². The molecule has 0 saturated carbocycles. The maximum Gasteiger partial charge on any atom is 0.459 e. The number of aromatic nitrogens is 4. The number of aliphatic hydroxyl groups excluding tert-OH is 1. The van der Waals surface area contributed by atoms with Gasteiger partial charge in [0.2, 0.25) is 0 Å². The molecule has 15 heteroatoms. The van der Waals surface area contributed by atoms with Crippen LogP contribution in [0.3, 0.4) is 0 Å². The van der Waals surface area contributed by atoms with Crippen molar-refractivity contribution >= 4 is 30.7 Å². The van der Waals surface area contributed by atoms with Gasteiger partial charge in [0.1, 0.15) is 35.8 Å². The van der Waals surface area contributed by atoms with Crippen LogP contribution in [0.4, 0.5) is 5.82 Å². The number of esters is 1. The lowest BCUT2D eigenvalue weighted by molar-refractivity contribution is -0.149. The van der Waals surface area contributed by atoms with E-state index in [0.717, 1.165) is 0 Å². The van der Waals surface area contributed by atoms with Crippen molar-refractivity contribution in [2.45, 2.75) is 63.8 Å². The number of hydrogen-bond donors (Lipinski definition) is 4. The van der Waals surface area contributed by atoms with E-state index in [2.05, 4.69) is 20.0 Å². The Labute approximate surface area is 219 Å². The summed E-state index contributed by atoms with van der Waals surface area (Å²) >= 11 is 0. The fraction of sp³-hybridized carbons (Fsp3) is 0.478. The Balaban J connectivity index is 1.54. The minimum atomic E-state index is -4.18. The lowest BCUT2D eigenvalue weighted by Gasteiger charge is -2.28. The third-order valence-corrected chi connectivity index (χ3v) is 7.54. The molecule has 1 saturated heterocycles. The molecule has 3 aromatic rings. The van der Waals surface area contributed by atoms with Gasteiger partial charge in [0.25, 0.3) is 0 Å². The van der Waals surface area contributed by atoms with E-state index in [9.17, 15) is 14.5 Å². The van der Waals surface area contributed by atoms with Crippen LogP contribution in [-0.2, 0) is 23.4 Å². The summed E-state index contributed by atoms with van der Waals surface area (Å²) in [6, 6.07) is 7.28. The smallest absolute Gasteiger partial charge is 0.459 e. The first-order valence-corrected chi connectivity index (χ1v) is 13.5. The van der Waals surface area contributed by atoms with Crippen LogP contribution in [-0.4, -0.2) is 67.1 Å². The van der Waals surface area contributed by atoms with Crippen LogP contribution in [0.15, 0.2) is 43.0 Å². The number of fused-ring (bicyclic) bond motifs is 1. The molecule has 3 heterocycles. The summed E-state index contributed by atoms with van der Waals surface area (Å²) in [6.07, 6.45) is -0.856. The molecule has 206 valence electrons. The molecule has 14 nitrogen and oxygen atoms in total. The minimum absolute atomic E-state index is 0.182. The highest BCUT2D eigenvalue weighted by atomic mass is 31.2. The van der Waals surface area contributed by atoms with Gasteiger partial charge < -0.3 is 30.6 Å². The molecule has 6 atom stereocenters. The molecule has 38 heavy (non-hydrogen) atoms. The third-order valence-electron chi connectivity index (χ3n) is 5.90. The molecule has 0 amide bonds. The lowest BCUT2D eigenvalue weighted by Crippen LogP contribution is -2.52. The second-order valence-electron chi connectivity index (χ2n) is 9.45. The van der Waals surface area contributed by atoms with E-state index in [1.54, 1.807) is 55.7 Å². The first kappa shape index (κ1) is 27.9. The molecule has 6 unspecified atom stereocenters. The molecular formula is C23H32N7O7P. The van der Waals surface area contributed by atoms with Gasteiger partial charge in [-0.05, 0) is 39.8 Å². The zero-order chi connectivity index (χ0) is 27.7. The Morgan fingerprint density at radius 2 is 1.97 bits per heavy atom. The third kappa shape index (κ3) is 5.80. The number of carbonyl (C=O) groups excluding carboxylic acids is 1. The summed E-state index contributed by atoms with van der Waals surface area (Å²) < 4.78 is 37.9. The van der Waals surface area contributed by atoms with E-state index in [1.807, 2.05) is 0 Å². The van der Waals surface area contributed by atoms with Gasteiger partial charge in [-0.2, -0.15) is 5.09 Å². The van der Waals surface area contributed by atoms with Crippen LogP contribution in [0.2, 0.25) is 0 Å². The van der Waals surface area contributed by atoms with Crippen LogP contribution in [0.1, 0.15) is 33.9 Å². The summed E-state index contributed by atoms with van der Waals surface area (Å²) in [4.78, 5) is 24.7. The number of nitrogen functional groups attached to an aromatic ring is 1. The molecule has 1 aliphatic rings. The van der Waals surface area contributed by atoms with Gasteiger partial charge in [0.15, 0.2) is 17.7 Å². The van der Waals surface area contributed by atoms with E-state index in [0.29, 0.717) is 11.2 Å². The van der Waals surface area contributed by atoms with Crippen LogP contribution >= 0.6 is 7.75 Å². The summed E-state index contributed by atoms with van der Waals surface area (Å²) in [7, 11) is -4.18. The zero-order valence-corrected chi connectivity index (χ0v) is 22.3. The van der Waals surface area contributed by atoms with Crippen LogP contribution in [0.25, 0.3) is 11.2 Å². The Kier molecular flexibility index (Phi) is 8.02. The summed E-state index contributed by atoms with van der Waals surface area (Å²) in [5.41, 5.74) is 11.8. The molecule has 4 rings (SSSR count). The standard InChI is InChI=1S/C23H32N7O7P/c1-13(2)35-21(32)14(3)29-38(33,37-15-8-6-5-7-9-15)34-10-16-18(31)23(4,25)22(36-16)30-12-28-17-19(24)26-11-27-20(17)30/h5-9,11-14,16,18,22,31H,10,25H2,1-4H3,(H,29,33)(H2,24,26,27). The number of aliphatic hydroxyl groups is 1. The molecule has 0 aliphatic carbocycles. The maximum atomic E-state index is 13.8. The topological polar surface area (TPSA) is 199 Å². The highest BCUT2D eigenvalue weighted by Crippen LogP contribution is 2.47. The van der Waals surface area contributed by atoms with Crippen LogP contribution < -0.4 is 21.1 Å². The molecule has 1 aromatic carbocycles. The predicted molar refractivity (Wildman–Crippen MR) is 137 cm³/mol. The van der Waals surface area contributed by atoms with Gasteiger partial charge in [0.05, 0.1) is 24.6 Å². The van der Waals surface area contributed by atoms with Crippen molar-refractivity contribution in [2.75, 3.05) is 12.3 Å². The number of hydrogen-bond acceptors (Lipinski definition) is 12. The SMILES string of the molecule is CC(C)OC(=O)C(C)NP(=O)(OCC1OC(n2cnc3c(N)ncnc32)C(C)(N)C1O)Oc1ccccc1. The van der Waals surface area contributed by atoms with Crippen molar-refractivity contribution in [3.05, 3.63) is 43.0 Å². The number of carbonyl (C=O) groups is 1.